The van der Waals surface area contributed by atoms with Crippen LogP contribution in [-0.4, -0.2) is 21.9 Å². The van der Waals surface area contributed by atoms with Crippen LogP contribution in [0, 0.1) is 6.92 Å². The van der Waals surface area contributed by atoms with Crippen LogP contribution in [-0.2, 0) is 5.75 Å². The molecule has 6 heteroatoms. The maximum absolute atomic E-state index is 5.32. The smallest absolute Gasteiger partial charge is 0.196 e. The Hall–Kier alpha value is -2.57. The number of rotatable bonds is 6. The second kappa shape index (κ2) is 7.98. The molecule has 136 valence electrons. The number of thioether (sulfide) groups is 1. The molecule has 4 nitrogen and oxygen atoms in total. The number of benzene rings is 2. The molecule has 0 fully saturated rings. The third-order valence-corrected chi connectivity index (χ3v) is 6.04. The molecule has 4 rings (SSSR count). The number of ether oxygens (including phenoxy) is 1. The predicted molar refractivity (Wildman–Crippen MR) is 112 cm³/mol. The molecule has 0 spiro atoms. The zero-order valence-corrected chi connectivity index (χ0v) is 16.8. The molecular formula is C21H19N3OS2. The molecule has 0 aliphatic rings. The third kappa shape index (κ3) is 3.91. The monoisotopic (exact) mass is 393 g/mol. The van der Waals surface area contributed by atoms with Crippen molar-refractivity contribution in [2.75, 3.05) is 7.11 Å². The van der Waals surface area contributed by atoms with Gasteiger partial charge in [-0.1, -0.05) is 47.7 Å². The largest absolute Gasteiger partial charge is 0.497 e. The summed E-state index contributed by atoms with van der Waals surface area (Å²) in [5, 5.41) is 11.9. The van der Waals surface area contributed by atoms with Crippen molar-refractivity contribution in [1.29, 1.82) is 0 Å². The van der Waals surface area contributed by atoms with Gasteiger partial charge in [0.1, 0.15) is 5.75 Å². The summed E-state index contributed by atoms with van der Waals surface area (Å²) >= 11 is 3.35. The van der Waals surface area contributed by atoms with Gasteiger partial charge in [0.05, 0.1) is 12.0 Å². The molecule has 27 heavy (non-hydrogen) atoms. The minimum Gasteiger partial charge on any atom is -0.497 e. The Bertz CT molecular complexity index is 1020. The summed E-state index contributed by atoms with van der Waals surface area (Å²) in [4.78, 5) is 1.11. The van der Waals surface area contributed by atoms with E-state index in [-0.39, 0.29) is 0 Å². The summed E-state index contributed by atoms with van der Waals surface area (Å²) in [5.41, 5.74) is 3.49. The lowest BCUT2D eigenvalue weighted by molar-refractivity contribution is 0.414. The molecule has 2 heterocycles. The number of aryl methyl sites for hydroxylation is 1. The highest BCUT2D eigenvalue weighted by molar-refractivity contribution is 7.98. The standard InChI is InChI=1S/C21H19N3OS2/c1-15-8-10-17(11-9-15)24-20(19-7-4-12-26-19)22-23-21(24)27-14-16-5-3-6-18(13-16)25-2/h3-13H,14H2,1-2H3. The van der Waals surface area contributed by atoms with Crippen molar-refractivity contribution in [3.8, 4) is 22.1 Å². The molecule has 0 aliphatic carbocycles. The molecule has 0 atom stereocenters. The van der Waals surface area contributed by atoms with E-state index in [1.165, 1.54) is 11.1 Å². The molecule has 0 saturated heterocycles. The maximum Gasteiger partial charge on any atom is 0.196 e. The van der Waals surface area contributed by atoms with Gasteiger partial charge in [0, 0.05) is 11.4 Å². The summed E-state index contributed by atoms with van der Waals surface area (Å²) in [6, 6.07) is 20.7. The van der Waals surface area contributed by atoms with Crippen molar-refractivity contribution < 1.29 is 4.74 Å². The molecule has 0 aliphatic heterocycles. The van der Waals surface area contributed by atoms with Crippen molar-refractivity contribution in [2.24, 2.45) is 0 Å². The van der Waals surface area contributed by atoms with Gasteiger partial charge in [-0.15, -0.1) is 21.5 Å². The van der Waals surface area contributed by atoms with E-state index in [1.807, 2.05) is 18.2 Å². The average Bonchev–Trinajstić information content (AvgIpc) is 3.37. The van der Waals surface area contributed by atoms with Gasteiger partial charge in [0.2, 0.25) is 0 Å². The van der Waals surface area contributed by atoms with Crippen LogP contribution >= 0.6 is 23.1 Å². The second-order valence-corrected chi connectivity index (χ2v) is 7.98. The lowest BCUT2D eigenvalue weighted by Crippen LogP contribution is -1.99. The van der Waals surface area contributed by atoms with E-state index in [0.29, 0.717) is 0 Å². The first-order valence-corrected chi connectivity index (χ1v) is 10.4. The SMILES string of the molecule is COc1cccc(CSc2nnc(-c3cccs3)n2-c2ccc(C)cc2)c1. The highest BCUT2D eigenvalue weighted by atomic mass is 32.2. The van der Waals surface area contributed by atoms with Gasteiger partial charge in [-0.25, -0.2) is 0 Å². The average molecular weight is 394 g/mol. The van der Waals surface area contributed by atoms with Gasteiger partial charge >= 0.3 is 0 Å². The summed E-state index contributed by atoms with van der Waals surface area (Å²) in [6.07, 6.45) is 0. The van der Waals surface area contributed by atoms with Crippen LogP contribution in [0.2, 0.25) is 0 Å². The first-order valence-electron chi connectivity index (χ1n) is 8.56. The topological polar surface area (TPSA) is 39.9 Å². The molecule has 0 saturated carbocycles. The maximum atomic E-state index is 5.32. The minimum absolute atomic E-state index is 0.797. The molecule has 0 radical (unpaired) electrons. The Kier molecular flexibility index (Phi) is 5.27. The highest BCUT2D eigenvalue weighted by Crippen LogP contribution is 2.32. The van der Waals surface area contributed by atoms with Crippen molar-refractivity contribution in [3.63, 3.8) is 0 Å². The Morgan fingerprint density at radius 1 is 1.04 bits per heavy atom. The third-order valence-electron chi connectivity index (χ3n) is 4.17. The summed E-state index contributed by atoms with van der Waals surface area (Å²) < 4.78 is 7.46. The number of thiophene rings is 1. The van der Waals surface area contributed by atoms with E-state index >= 15 is 0 Å². The van der Waals surface area contributed by atoms with Gasteiger partial charge in [-0.3, -0.25) is 4.57 Å². The first kappa shape index (κ1) is 17.8. The van der Waals surface area contributed by atoms with Crippen molar-refractivity contribution in [2.45, 2.75) is 17.8 Å². The van der Waals surface area contributed by atoms with Gasteiger partial charge in [0.15, 0.2) is 11.0 Å². The minimum atomic E-state index is 0.797. The zero-order chi connectivity index (χ0) is 18.6. The van der Waals surface area contributed by atoms with Crippen LogP contribution < -0.4 is 4.74 Å². The number of hydrogen-bond acceptors (Lipinski definition) is 5. The summed E-state index contributed by atoms with van der Waals surface area (Å²) in [6.45, 7) is 2.09. The highest BCUT2D eigenvalue weighted by Gasteiger charge is 2.17. The van der Waals surface area contributed by atoms with Crippen LogP contribution in [0.25, 0.3) is 16.4 Å². The van der Waals surface area contributed by atoms with E-state index in [9.17, 15) is 0 Å². The van der Waals surface area contributed by atoms with E-state index in [1.54, 1.807) is 30.2 Å². The second-order valence-electron chi connectivity index (χ2n) is 6.09. The normalized spacial score (nSPS) is 10.9. The van der Waals surface area contributed by atoms with Crippen LogP contribution in [0.5, 0.6) is 5.75 Å². The Balaban J connectivity index is 1.68. The number of methoxy groups -OCH3 is 1. The number of hydrogen-bond donors (Lipinski definition) is 0. The van der Waals surface area contributed by atoms with Crippen LogP contribution in [0.4, 0.5) is 0 Å². The lowest BCUT2D eigenvalue weighted by atomic mass is 10.2. The molecular weight excluding hydrogens is 374 g/mol. The molecule has 4 aromatic rings. The fraction of sp³-hybridized carbons (Fsp3) is 0.143. The van der Waals surface area contributed by atoms with E-state index in [0.717, 1.165) is 33.0 Å². The Morgan fingerprint density at radius 2 is 1.89 bits per heavy atom. The molecule has 2 aromatic heterocycles. The quantitative estimate of drug-likeness (QED) is 0.400. The molecule has 0 unspecified atom stereocenters. The van der Waals surface area contributed by atoms with Crippen molar-refractivity contribution >= 4 is 23.1 Å². The van der Waals surface area contributed by atoms with Crippen molar-refractivity contribution in [3.05, 3.63) is 77.2 Å². The van der Waals surface area contributed by atoms with E-state index in [2.05, 4.69) is 69.5 Å². The molecule has 0 amide bonds. The fourth-order valence-corrected chi connectivity index (χ4v) is 4.36. The molecule has 0 N–H and O–H groups in total. The van der Waals surface area contributed by atoms with Crippen LogP contribution in [0.1, 0.15) is 11.1 Å². The van der Waals surface area contributed by atoms with Gasteiger partial charge in [-0.2, -0.15) is 0 Å². The molecule has 0 bridgehead atoms. The van der Waals surface area contributed by atoms with Crippen LogP contribution in [0.15, 0.2) is 71.2 Å². The number of nitrogens with zero attached hydrogens (tertiary/aromatic N) is 3. The summed E-state index contributed by atoms with van der Waals surface area (Å²) in [5.74, 6) is 2.54. The van der Waals surface area contributed by atoms with Crippen LogP contribution in [0.3, 0.4) is 0 Å². The van der Waals surface area contributed by atoms with E-state index < -0.39 is 0 Å². The van der Waals surface area contributed by atoms with Gasteiger partial charge in [-0.05, 0) is 48.2 Å². The predicted octanol–water partition coefficient (Wildman–Crippen LogP) is 5.61. The van der Waals surface area contributed by atoms with Gasteiger partial charge < -0.3 is 4.74 Å². The number of aromatic nitrogens is 3. The van der Waals surface area contributed by atoms with Crippen molar-refractivity contribution in [1.82, 2.24) is 14.8 Å². The zero-order valence-electron chi connectivity index (χ0n) is 15.1. The Labute approximate surface area is 166 Å². The van der Waals surface area contributed by atoms with E-state index in [4.69, 9.17) is 4.74 Å². The Morgan fingerprint density at radius 3 is 2.63 bits per heavy atom. The van der Waals surface area contributed by atoms with Gasteiger partial charge in [0.25, 0.3) is 0 Å². The molecule has 2 aromatic carbocycles. The fourth-order valence-electron chi connectivity index (χ4n) is 2.77. The summed E-state index contributed by atoms with van der Waals surface area (Å²) in [7, 11) is 1.69. The lowest BCUT2D eigenvalue weighted by Gasteiger charge is -2.10. The first-order chi connectivity index (χ1) is 13.2.